The van der Waals surface area contributed by atoms with E-state index in [0.29, 0.717) is 11.6 Å². The Morgan fingerprint density at radius 2 is 2.05 bits per heavy atom. The summed E-state index contributed by atoms with van der Waals surface area (Å²) in [6.07, 6.45) is 3.18. The molecule has 1 aromatic rings. The molecule has 1 rings (SSSR count). The van der Waals surface area contributed by atoms with E-state index in [1.54, 1.807) is 6.07 Å². The van der Waals surface area contributed by atoms with E-state index < -0.39 is 0 Å². The average molecular weight is 393 g/mol. The summed E-state index contributed by atoms with van der Waals surface area (Å²) in [5.74, 6) is -0.337. The topological polar surface area (TPSA) is 38.3 Å². The zero-order chi connectivity index (χ0) is 14.4. The number of hydrogen-bond donors (Lipinski definition) is 1. The molecule has 5 heteroatoms. The largest absolute Gasteiger partial charge is 0.465 e. The van der Waals surface area contributed by atoms with Gasteiger partial charge in [-0.25, -0.2) is 4.79 Å². The molecule has 0 bridgehead atoms. The van der Waals surface area contributed by atoms with Crippen LogP contribution in [0, 0.1) is 0 Å². The summed E-state index contributed by atoms with van der Waals surface area (Å²) in [5, 5.41) is 3.44. The molecule has 0 amide bonds. The number of methoxy groups -OCH3 is 1. The lowest BCUT2D eigenvalue weighted by Gasteiger charge is -2.21. The molecule has 0 aliphatic carbocycles. The Morgan fingerprint density at radius 3 is 2.58 bits per heavy atom. The summed E-state index contributed by atoms with van der Waals surface area (Å²) in [4.78, 5) is 11.9. The van der Waals surface area contributed by atoms with Crippen molar-refractivity contribution < 1.29 is 9.53 Å². The van der Waals surface area contributed by atoms with Crippen LogP contribution >= 0.6 is 31.9 Å². The van der Waals surface area contributed by atoms with Crippen molar-refractivity contribution >= 4 is 43.5 Å². The summed E-state index contributed by atoms with van der Waals surface area (Å²) in [6.45, 7) is 4.29. The highest BCUT2D eigenvalue weighted by molar-refractivity contribution is 9.11. The quantitative estimate of drug-likeness (QED) is 0.693. The van der Waals surface area contributed by atoms with Crippen LogP contribution < -0.4 is 5.32 Å². The van der Waals surface area contributed by atoms with Crippen molar-refractivity contribution in [2.45, 2.75) is 39.2 Å². The Labute approximate surface area is 131 Å². The van der Waals surface area contributed by atoms with Gasteiger partial charge < -0.3 is 10.1 Å². The number of anilines is 1. The highest BCUT2D eigenvalue weighted by Gasteiger charge is 2.18. The number of carbonyl (C=O) groups excluding carboxylic acids is 1. The first-order valence-electron chi connectivity index (χ1n) is 6.37. The molecule has 1 aromatic carbocycles. The van der Waals surface area contributed by atoms with Crippen LogP contribution in [0.1, 0.15) is 43.5 Å². The van der Waals surface area contributed by atoms with Gasteiger partial charge in [-0.15, -0.1) is 0 Å². The molecule has 1 unspecified atom stereocenters. The first-order valence-corrected chi connectivity index (χ1v) is 7.95. The summed E-state index contributed by atoms with van der Waals surface area (Å²) >= 11 is 6.90. The third-order valence-corrected chi connectivity index (χ3v) is 4.02. The number of halogens is 2. The molecular formula is C14H19Br2NO2. The van der Waals surface area contributed by atoms with E-state index in [0.717, 1.165) is 33.9 Å². The lowest BCUT2D eigenvalue weighted by atomic mass is 10.1. The Bertz CT molecular complexity index is 449. The van der Waals surface area contributed by atoms with Gasteiger partial charge >= 0.3 is 5.97 Å². The van der Waals surface area contributed by atoms with Gasteiger partial charge in [-0.1, -0.05) is 36.2 Å². The van der Waals surface area contributed by atoms with Crippen molar-refractivity contribution in [1.82, 2.24) is 0 Å². The van der Waals surface area contributed by atoms with Gasteiger partial charge in [0.25, 0.3) is 0 Å². The van der Waals surface area contributed by atoms with Crippen LogP contribution in [0.15, 0.2) is 21.1 Å². The molecule has 0 saturated carbocycles. The lowest BCUT2D eigenvalue weighted by Crippen LogP contribution is -2.20. The van der Waals surface area contributed by atoms with Gasteiger partial charge in [-0.2, -0.15) is 0 Å². The van der Waals surface area contributed by atoms with Gasteiger partial charge in [0.2, 0.25) is 0 Å². The van der Waals surface area contributed by atoms with Crippen molar-refractivity contribution in [1.29, 1.82) is 0 Å². The normalized spacial score (nSPS) is 12.1. The molecule has 0 aliphatic rings. The monoisotopic (exact) mass is 391 g/mol. The second-order valence-corrected chi connectivity index (χ2v) is 6.11. The molecule has 0 aromatic heterocycles. The summed E-state index contributed by atoms with van der Waals surface area (Å²) < 4.78 is 6.54. The van der Waals surface area contributed by atoms with Crippen molar-refractivity contribution in [2.75, 3.05) is 12.4 Å². The second kappa shape index (κ2) is 7.90. The Hall–Kier alpha value is -0.550. The number of rotatable bonds is 6. The molecular weight excluding hydrogens is 374 g/mol. The zero-order valence-electron chi connectivity index (χ0n) is 11.4. The minimum atomic E-state index is -0.337. The van der Waals surface area contributed by atoms with Crippen molar-refractivity contribution in [3.05, 3.63) is 26.6 Å². The minimum Gasteiger partial charge on any atom is -0.465 e. The highest BCUT2D eigenvalue weighted by Crippen LogP contribution is 2.32. The molecule has 19 heavy (non-hydrogen) atoms. The fourth-order valence-corrected chi connectivity index (χ4v) is 3.26. The maximum absolute atomic E-state index is 11.9. The number of ether oxygens (including phenoxy) is 1. The predicted octanol–water partition coefficient (Wildman–Crippen LogP) is 4.99. The van der Waals surface area contributed by atoms with Crippen LogP contribution in [0.3, 0.4) is 0 Å². The summed E-state index contributed by atoms with van der Waals surface area (Å²) in [5.41, 5.74) is 1.34. The van der Waals surface area contributed by atoms with Crippen LogP contribution in [-0.4, -0.2) is 19.1 Å². The molecule has 0 radical (unpaired) electrons. The maximum atomic E-state index is 11.9. The lowest BCUT2D eigenvalue weighted by molar-refractivity contribution is 0.0601. The Kier molecular flexibility index (Phi) is 6.86. The minimum absolute atomic E-state index is 0.337. The van der Waals surface area contributed by atoms with Crippen molar-refractivity contribution in [3.8, 4) is 0 Å². The number of benzene rings is 1. The Morgan fingerprint density at radius 1 is 1.37 bits per heavy atom. The number of hydrogen-bond acceptors (Lipinski definition) is 3. The summed E-state index contributed by atoms with van der Waals surface area (Å²) in [6, 6.07) is 4.05. The van der Waals surface area contributed by atoms with Gasteiger partial charge in [-0.3, -0.25) is 0 Å². The molecule has 0 heterocycles. The summed E-state index contributed by atoms with van der Waals surface area (Å²) in [7, 11) is 1.39. The van der Waals surface area contributed by atoms with Crippen LogP contribution in [0.2, 0.25) is 0 Å². The third-order valence-electron chi connectivity index (χ3n) is 2.94. The van der Waals surface area contributed by atoms with Crippen LogP contribution in [-0.2, 0) is 4.74 Å². The average Bonchev–Trinajstić information content (AvgIpc) is 2.39. The van der Waals surface area contributed by atoms with E-state index in [1.807, 2.05) is 6.07 Å². The standard InChI is InChI=1S/C14H19Br2NO2/c1-4-6-10(5-2)17-13-11(14(18)19-3)7-9(15)8-12(13)16/h7-8,10,17H,4-6H2,1-3H3. The molecule has 1 N–H and O–H groups in total. The molecule has 0 saturated heterocycles. The van der Waals surface area contributed by atoms with Crippen LogP contribution in [0.25, 0.3) is 0 Å². The van der Waals surface area contributed by atoms with Crippen molar-refractivity contribution in [2.24, 2.45) is 0 Å². The first-order chi connectivity index (χ1) is 9.03. The molecule has 1 atom stereocenters. The zero-order valence-corrected chi connectivity index (χ0v) is 14.6. The van der Waals surface area contributed by atoms with Crippen molar-refractivity contribution in [3.63, 3.8) is 0 Å². The smallest absolute Gasteiger partial charge is 0.340 e. The van der Waals surface area contributed by atoms with E-state index >= 15 is 0 Å². The van der Waals surface area contributed by atoms with E-state index in [2.05, 4.69) is 51.0 Å². The fraction of sp³-hybridized carbons (Fsp3) is 0.500. The maximum Gasteiger partial charge on any atom is 0.340 e. The number of nitrogens with one attached hydrogen (secondary N) is 1. The van der Waals surface area contributed by atoms with Crippen LogP contribution in [0.4, 0.5) is 5.69 Å². The Balaban J connectivity index is 3.13. The SMILES string of the molecule is CCCC(CC)Nc1c(Br)cc(Br)cc1C(=O)OC. The van der Waals surface area contributed by atoms with E-state index in [4.69, 9.17) is 4.74 Å². The molecule has 106 valence electrons. The highest BCUT2D eigenvalue weighted by atomic mass is 79.9. The van der Waals surface area contributed by atoms with Gasteiger partial charge in [0.15, 0.2) is 0 Å². The molecule has 3 nitrogen and oxygen atoms in total. The van der Waals surface area contributed by atoms with Gasteiger partial charge in [0.1, 0.15) is 0 Å². The molecule has 0 fully saturated rings. The fourth-order valence-electron chi connectivity index (χ4n) is 1.92. The predicted molar refractivity (Wildman–Crippen MR) is 85.8 cm³/mol. The van der Waals surface area contributed by atoms with Crippen LogP contribution in [0.5, 0.6) is 0 Å². The van der Waals surface area contributed by atoms with Gasteiger partial charge in [-0.05, 0) is 40.9 Å². The number of esters is 1. The molecule has 0 spiro atoms. The third kappa shape index (κ3) is 4.49. The van der Waals surface area contributed by atoms with E-state index in [9.17, 15) is 4.79 Å². The van der Waals surface area contributed by atoms with E-state index in [1.165, 1.54) is 7.11 Å². The van der Waals surface area contributed by atoms with Gasteiger partial charge in [0.05, 0.1) is 18.4 Å². The number of carbonyl (C=O) groups is 1. The van der Waals surface area contributed by atoms with Gasteiger partial charge in [0, 0.05) is 15.0 Å². The van der Waals surface area contributed by atoms with E-state index in [-0.39, 0.29) is 5.97 Å². The molecule has 0 aliphatic heterocycles. The first kappa shape index (κ1) is 16.5. The second-order valence-electron chi connectivity index (χ2n) is 4.34.